The Hall–Kier alpha value is -1.35. The minimum Gasteiger partial charge on any atom is -0.351 e. The van der Waals surface area contributed by atoms with E-state index in [1.807, 2.05) is 18.2 Å². The third-order valence-corrected chi connectivity index (χ3v) is 4.59. The highest BCUT2D eigenvalue weighted by molar-refractivity contribution is 5.82. The van der Waals surface area contributed by atoms with Crippen molar-refractivity contribution in [1.29, 1.82) is 0 Å². The van der Waals surface area contributed by atoms with E-state index in [0.29, 0.717) is 0 Å². The van der Waals surface area contributed by atoms with Gasteiger partial charge in [-0.15, -0.1) is 0 Å². The van der Waals surface area contributed by atoms with Crippen LogP contribution in [0.25, 0.3) is 0 Å². The Morgan fingerprint density at radius 2 is 2.00 bits per heavy atom. The Labute approximate surface area is 122 Å². The van der Waals surface area contributed by atoms with Crippen molar-refractivity contribution in [2.24, 2.45) is 0 Å². The van der Waals surface area contributed by atoms with Crippen LogP contribution >= 0.6 is 0 Å². The van der Waals surface area contributed by atoms with Crippen molar-refractivity contribution in [3.63, 3.8) is 0 Å². The molecule has 0 aliphatic carbocycles. The van der Waals surface area contributed by atoms with Crippen LogP contribution in [0, 0.1) is 0 Å². The molecule has 2 unspecified atom stereocenters. The van der Waals surface area contributed by atoms with Gasteiger partial charge in [0.05, 0.1) is 6.04 Å². The summed E-state index contributed by atoms with van der Waals surface area (Å²) >= 11 is 0. The summed E-state index contributed by atoms with van der Waals surface area (Å²) in [5.74, 6) is 0.140. The molecule has 110 valence electrons. The van der Waals surface area contributed by atoms with E-state index < -0.39 is 0 Å². The summed E-state index contributed by atoms with van der Waals surface area (Å²) in [6, 6.07) is 10.5. The number of piperidine rings is 1. The highest BCUT2D eigenvalue weighted by Crippen LogP contribution is 2.27. The fraction of sp³-hybridized carbons (Fsp3) is 0.588. The first kappa shape index (κ1) is 15.0. The van der Waals surface area contributed by atoms with E-state index in [9.17, 15) is 4.79 Å². The Morgan fingerprint density at radius 3 is 2.60 bits per heavy atom. The lowest BCUT2D eigenvalue weighted by atomic mass is 9.78. The lowest BCUT2D eigenvalue weighted by Crippen LogP contribution is -2.53. The van der Waals surface area contributed by atoms with Crippen LogP contribution in [-0.2, 0) is 10.2 Å². The topological polar surface area (TPSA) is 41.1 Å². The third-order valence-electron chi connectivity index (χ3n) is 4.59. The lowest BCUT2D eigenvalue weighted by molar-refractivity contribution is -0.124. The van der Waals surface area contributed by atoms with Crippen LogP contribution in [0.2, 0.25) is 0 Å². The zero-order chi connectivity index (χ0) is 14.6. The summed E-state index contributed by atoms with van der Waals surface area (Å²) in [5.41, 5.74) is 1.18. The summed E-state index contributed by atoms with van der Waals surface area (Å²) in [6.45, 7) is 7.41. The van der Waals surface area contributed by atoms with E-state index in [-0.39, 0.29) is 23.4 Å². The van der Waals surface area contributed by atoms with Gasteiger partial charge < -0.3 is 10.6 Å². The molecule has 1 aliphatic rings. The molecular weight excluding hydrogens is 248 g/mol. The van der Waals surface area contributed by atoms with E-state index in [4.69, 9.17) is 0 Å². The van der Waals surface area contributed by atoms with Crippen LogP contribution in [0.3, 0.4) is 0 Å². The molecule has 0 bridgehead atoms. The molecule has 1 saturated heterocycles. The van der Waals surface area contributed by atoms with Gasteiger partial charge in [0.15, 0.2) is 0 Å². The average Bonchev–Trinajstić information content (AvgIpc) is 2.49. The highest BCUT2D eigenvalue weighted by Gasteiger charge is 2.31. The fourth-order valence-corrected chi connectivity index (χ4v) is 2.69. The van der Waals surface area contributed by atoms with Crippen molar-refractivity contribution < 1.29 is 4.79 Å². The first-order valence-corrected chi connectivity index (χ1v) is 7.61. The van der Waals surface area contributed by atoms with Crippen LogP contribution in [0.5, 0.6) is 0 Å². The van der Waals surface area contributed by atoms with E-state index >= 15 is 0 Å². The summed E-state index contributed by atoms with van der Waals surface area (Å²) in [4.78, 5) is 12.3. The molecule has 1 aromatic rings. The third kappa shape index (κ3) is 3.40. The Balaban J connectivity index is 1.99. The second-order valence-electron chi connectivity index (χ2n) is 6.32. The number of carbonyl (C=O) groups is 1. The van der Waals surface area contributed by atoms with Gasteiger partial charge in [0, 0.05) is 11.5 Å². The van der Waals surface area contributed by atoms with Crippen LogP contribution in [0.4, 0.5) is 0 Å². The Morgan fingerprint density at radius 1 is 1.30 bits per heavy atom. The van der Waals surface area contributed by atoms with Crippen LogP contribution in [0.1, 0.15) is 45.6 Å². The number of benzene rings is 1. The lowest BCUT2D eigenvalue weighted by Gasteiger charge is -2.34. The first-order chi connectivity index (χ1) is 9.51. The standard InChI is InChI=1S/C17H26N2O/c1-13(17(2,3)14-9-5-4-6-10-14)19-16(20)15-11-7-8-12-18-15/h4-6,9-10,13,15,18H,7-8,11-12H2,1-3H3,(H,19,20). The molecule has 2 atom stereocenters. The zero-order valence-electron chi connectivity index (χ0n) is 12.8. The molecule has 20 heavy (non-hydrogen) atoms. The van der Waals surface area contributed by atoms with Crippen molar-refractivity contribution in [1.82, 2.24) is 10.6 Å². The second kappa shape index (κ2) is 6.40. The van der Waals surface area contributed by atoms with Crippen LogP contribution in [0.15, 0.2) is 30.3 Å². The predicted octanol–water partition coefficient (Wildman–Crippen LogP) is 2.61. The van der Waals surface area contributed by atoms with Crippen molar-refractivity contribution >= 4 is 5.91 Å². The minimum atomic E-state index is -0.0778. The van der Waals surface area contributed by atoms with Crippen molar-refractivity contribution in [2.45, 2.75) is 57.5 Å². The van der Waals surface area contributed by atoms with E-state index in [1.54, 1.807) is 0 Å². The number of hydrogen-bond acceptors (Lipinski definition) is 2. The summed E-state index contributed by atoms with van der Waals surface area (Å²) in [6.07, 6.45) is 3.26. The number of nitrogens with one attached hydrogen (secondary N) is 2. The molecule has 0 saturated carbocycles. The van der Waals surface area contributed by atoms with Gasteiger partial charge in [-0.1, -0.05) is 50.6 Å². The summed E-state index contributed by atoms with van der Waals surface area (Å²) < 4.78 is 0. The number of hydrogen-bond donors (Lipinski definition) is 2. The maximum Gasteiger partial charge on any atom is 0.237 e. The maximum absolute atomic E-state index is 12.3. The monoisotopic (exact) mass is 274 g/mol. The maximum atomic E-state index is 12.3. The van der Waals surface area contributed by atoms with Crippen molar-refractivity contribution in [2.75, 3.05) is 6.54 Å². The quantitative estimate of drug-likeness (QED) is 0.886. The molecule has 1 aromatic carbocycles. The van der Waals surface area contributed by atoms with Crippen LogP contribution in [-0.4, -0.2) is 24.5 Å². The molecule has 1 fully saturated rings. The van der Waals surface area contributed by atoms with Gasteiger partial charge >= 0.3 is 0 Å². The molecule has 0 spiro atoms. The van der Waals surface area contributed by atoms with Gasteiger partial charge in [0.1, 0.15) is 0 Å². The van der Waals surface area contributed by atoms with Gasteiger partial charge in [-0.3, -0.25) is 4.79 Å². The number of amides is 1. The van der Waals surface area contributed by atoms with Crippen LogP contribution < -0.4 is 10.6 Å². The molecule has 1 heterocycles. The zero-order valence-corrected chi connectivity index (χ0v) is 12.8. The Bertz CT molecular complexity index is 436. The second-order valence-corrected chi connectivity index (χ2v) is 6.32. The molecule has 3 nitrogen and oxygen atoms in total. The first-order valence-electron chi connectivity index (χ1n) is 7.61. The Kier molecular flexibility index (Phi) is 4.81. The normalized spacial score (nSPS) is 21.2. The molecule has 0 radical (unpaired) electrons. The number of carbonyl (C=O) groups excluding carboxylic acids is 1. The highest BCUT2D eigenvalue weighted by atomic mass is 16.2. The van der Waals surface area contributed by atoms with E-state index in [0.717, 1.165) is 19.4 Å². The summed E-state index contributed by atoms with van der Waals surface area (Å²) in [5, 5.41) is 6.49. The SMILES string of the molecule is CC(NC(=O)C1CCCCN1)C(C)(C)c1ccccc1. The summed E-state index contributed by atoms with van der Waals surface area (Å²) in [7, 11) is 0. The van der Waals surface area contributed by atoms with Gasteiger partial charge in [-0.2, -0.15) is 0 Å². The molecule has 2 N–H and O–H groups in total. The molecule has 1 amide bonds. The molecule has 2 rings (SSSR count). The molecule has 1 aliphatic heterocycles. The smallest absolute Gasteiger partial charge is 0.237 e. The van der Waals surface area contributed by atoms with E-state index in [2.05, 4.69) is 43.5 Å². The van der Waals surface area contributed by atoms with Crippen molar-refractivity contribution in [3.8, 4) is 0 Å². The fourth-order valence-electron chi connectivity index (χ4n) is 2.69. The molecule has 0 aromatic heterocycles. The van der Waals surface area contributed by atoms with Gasteiger partial charge in [0.2, 0.25) is 5.91 Å². The largest absolute Gasteiger partial charge is 0.351 e. The van der Waals surface area contributed by atoms with Gasteiger partial charge in [-0.05, 0) is 31.9 Å². The van der Waals surface area contributed by atoms with Gasteiger partial charge in [0.25, 0.3) is 0 Å². The molecular formula is C17H26N2O. The number of rotatable bonds is 4. The average molecular weight is 274 g/mol. The van der Waals surface area contributed by atoms with Crippen molar-refractivity contribution in [3.05, 3.63) is 35.9 Å². The molecule has 3 heteroatoms. The minimum absolute atomic E-state index is 0.0160. The van der Waals surface area contributed by atoms with Gasteiger partial charge in [-0.25, -0.2) is 0 Å². The predicted molar refractivity (Wildman–Crippen MR) is 82.7 cm³/mol. The van der Waals surface area contributed by atoms with E-state index in [1.165, 1.54) is 12.0 Å².